The molecule has 5 rings (SSSR count). The Balaban J connectivity index is 1.27. The molecule has 0 fully saturated rings. The molecule has 0 N–H and O–H groups in total. The summed E-state index contributed by atoms with van der Waals surface area (Å²) in [7, 11) is 1.36. The van der Waals surface area contributed by atoms with Crippen LogP contribution in [0.5, 0.6) is 11.6 Å². The predicted octanol–water partition coefficient (Wildman–Crippen LogP) is 7.29. The van der Waals surface area contributed by atoms with Crippen molar-refractivity contribution in [3.63, 3.8) is 0 Å². The van der Waals surface area contributed by atoms with Crippen molar-refractivity contribution in [3.8, 4) is 34.0 Å². The van der Waals surface area contributed by atoms with Crippen molar-refractivity contribution < 1.29 is 19.0 Å². The fourth-order valence-corrected chi connectivity index (χ4v) is 4.50. The van der Waals surface area contributed by atoms with Crippen LogP contribution in [-0.4, -0.2) is 36.1 Å². The monoisotopic (exact) mass is 526 g/mol. The Morgan fingerprint density at radius 3 is 2.29 bits per heavy atom. The van der Waals surface area contributed by atoms with E-state index in [9.17, 15) is 4.79 Å². The Kier molecular flexibility index (Phi) is 7.61. The molecule has 6 nitrogen and oxygen atoms in total. The van der Waals surface area contributed by atoms with Crippen molar-refractivity contribution in [2.24, 2.45) is 0 Å². The number of aromatic nitrogens is 2. The van der Waals surface area contributed by atoms with Gasteiger partial charge in [-0.2, -0.15) is 5.10 Å². The summed E-state index contributed by atoms with van der Waals surface area (Å²) in [6.45, 7) is 3.26. The highest BCUT2D eigenvalue weighted by atomic mass is 35.5. The van der Waals surface area contributed by atoms with E-state index < -0.39 is 0 Å². The maximum absolute atomic E-state index is 11.7. The van der Waals surface area contributed by atoms with Crippen molar-refractivity contribution in [3.05, 3.63) is 102 Å². The number of hydrogen-bond acceptors (Lipinski definition) is 5. The molecule has 1 heterocycles. The van der Waals surface area contributed by atoms with Gasteiger partial charge in [0.1, 0.15) is 12.4 Å². The number of carbonyl (C=O) groups is 1. The van der Waals surface area contributed by atoms with E-state index in [1.807, 2.05) is 55.5 Å². The second-order valence-electron chi connectivity index (χ2n) is 8.65. The number of ether oxygens (including phenoxy) is 3. The van der Waals surface area contributed by atoms with Gasteiger partial charge in [-0.3, -0.25) is 0 Å². The first-order chi connectivity index (χ1) is 18.6. The zero-order valence-electron chi connectivity index (χ0n) is 21.2. The van der Waals surface area contributed by atoms with Gasteiger partial charge in [0.05, 0.1) is 36.5 Å². The Morgan fingerprint density at radius 1 is 0.842 bits per heavy atom. The van der Waals surface area contributed by atoms with Gasteiger partial charge in [0.2, 0.25) is 5.88 Å². The Morgan fingerprint density at radius 2 is 1.55 bits per heavy atom. The molecule has 7 heteroatoms. The molecule has 0 aliphatic heterocycles. The molecule has 0 amide bonds. The fourth-order valence-electron chi connectivity index (χ4n) is 4.27. The molecule has 0 radical (unpaired) electrons. The second kappa shape index (κ2) is 11.4. The Labute approximate surface area is 226 Å². The van der Waals surface area contributed by atoms with Crippen molar-refractivity contribution in [1.29, 1.82) is 0 Å². The molecular weight excluding hydrogens is 500 g/mol. The fraction of sp³-hybridized carbons (Fsp3) is 0.161. The van der Waals surface area contributed by atoms with E-state index in [4.69, 9.17) is 25.8 Å². The summed E-state index contributed by atoms with van der Waals surface area (Å²) < 4.78 is 18.3. The zero-order chi connectivity index (χ0) is 26.5. The van der Waals surface area contributed by atoms with Crippen LogP contribution >= 0.6 is 11.6 Å². The van der Waals surface area contributed by atoms with Gasteiger partial charge in [-0.05, 0) is 59.2 Å². The van der Waals surface area contributed by atoms with E-state index in [1.54, 1.807) is 16.8 Å². The number of carbonyl (C=O) groups excluding carboxylic acids is 1. The summed E-state index contributed by atoms with van der Waals surface area (Å²) in [4.78, 5) is 11.7. The number of rotatable bonds is 9. The third-order valence-corrected chi connectivity index (χ3v) is 6.51. The molecule has 38 heavy (non-hydrogen) atoms. The number of nitrogens with zero attached hydrogens (tertiary/aromatic N) is 2. The summed E-state index contributed by atoms with van der Waals surface area (Å²) in [5.74, 6) is 0.874. The standard InChI is InChI=1S/C31H27ClN2O4/c1-3-37-30-20-28(22-9-11-23(12-10-22)31(35)36-2)33-34(30)16-17-38-29-15-14-26(19-27(29)32)25-13-8-21-6-4-5-7-24(21)18-25/h4-15,18-20H,3,16-17H2,1-2H3. The van der Waals surface area contributed by atoms with Gasteiger partial charge >= 0.3 is 5.97 Å². The molecule has 0 atom stereocenters. The predicted molar refractivity (Wildman–Crippen MR) is 150 cm³/mol. The third-order valence-electron chi connectivity index (χ3n) is 6.21. The first-order valence-corrected chi connectivity index (χ1v) is 12.7. The molecule has 5 aromatic rings. The molecule has 0 saturated carbocycles. The first kappa shape index (κ1) is 25.4. The summed E-state index contributed by atoms with van der Waals surface area (Å²) in [6.07, 6.45) is 0. The van der Waals surface area contributed by atoms with Crippen LogP contribution in [0.3, 0.4) is 0 Å². The van der Waals surface area contributed by atoms with Crippen molar-refractivity contribution in [1.82, 2.24) is 9.78 Å². The highest BCUT2D eigenvalue weighted by Gasteiger charge is 2.13. The quantitative estimate of drug-likeness (QED) is 0.189. The zero-order valence-corrected chi connectivity index (χ0v) is 21.9. The number of esters is 1. The highest BCUT2D eigenvalue weighted by Crippen LogP contribution is 2.32. The van der Waals surface area contributed by atoms with Crippen molar-refractivity contribution in [2.45, 2.75) is 13.5 Å². The third kappa shape index (κ3) is 5.50. The molecule has 0 saturated heterocycles. The molecule has 4 aromatic carbocycles. The van der Waals surface area contributed by atoms with Crippen LogP contribution in [0, 0.1) is 0 Å². The molecule has 0 unspecified atom stereocenters. The van der Waals surface area contributed by atoms with Crippen LogP contribution in [0.1, 0.15) is 17.3 Å². The number of methoxy groups -OCH3 is 1. The van der Waals surface area contributed by atoms with Gasteiger partial charge in [0, 0.05) is 11.6 Å². The van der Waals surface area contributed by atoms with Gasteiger partial charge in [0.15, 0.2) is 0 Å². The van der Waals surface area contributed by atoms with E-state index in [0.717, 1.165) is 22.4 Å². The van der Waals surface area contributed by atoms with Crippen molar-refractivity contribution in [2.75, 3.05) is 20.3 Å². The lowest BCUT2D eigenvalue weighted by Gasteiger charge is -2.12. The number of halogens is 1. The highest BCUT2D eigenvalue weighted by molar-refractivity contribution is 6.32. The molecule has 1 aromatic heterocycles. The van der Waals surface area contributed by atoms with Crippen LogP contribution in [0.4, 0.5) is 0 Å². The minimum Gasteiger partial charge on any atom is -0.490 e. The Bertz CT molecular complexity index is 1580. The van der Waals surface area contributed by atoms with Crippen LogP contribution in [-0.2, 0) is 11.3 Å². The smallest absolute Gasteiger partial charge is 0.337 e. The molecule has 0 aliphatic carbocycles. The minimum absolute atomic E-state index is 0.359. The number of benzene rings is 4. The van der Waals surface area contributed by atoms with Crippen LogP contribution < -0.4 is 9.47 Å². The lowest BCUT2D eigenvalue weighted by Crippen LogP contribution is -2.11. The van der Waals surface area contributed by atoms with E-state index in [-0.39, 0.29) is 5.97 Å². The molecular formula is C31H27ClN2O4. The second-order valence-corrected chi connectivity index (χ2v) is 9.06. The summed E-state index contributed by atoms with van der Waals surface area (Å²) in [5.41, 5.74) is 4.22. The Hall–Kier alpha value is -4.29. The maximum atomic E-state index is 11.7. The van der Waals surface area contributed by atoms with Gasteiger partial charge in [-0.15, -0.1) is 0 Å². The molecule has 0 aliphatic rings. The normalized spacial score (nSPS) is 10.9. The van der Waals surface area contributed by atoms with Crippen LogP contribution in [0.2, 0.25) is 5.02 Å². The van der Waals surface area contributed by atoms with Gasteiger partial charge in [-0.25, -0.2) is 9.48 Å². The van der Waals surface area contributed by atoms with E-state index in [2.05, 4.69) is 35.4 Å². The van der Waals surface area contributed by atoms with Gasteiger partial charge in [0.25, 0.3) is 0 Å². The van der Waals surface area contributed by atoms with Gasteiger partial charge in [-0.1, -0.05) is 66.2 Å². The summed E-state index contributed by atoms with van der Waals surface area (Å²) >= 11 is 6.58. The minimum atomic E-state index is -0.377. The molecule has 192 valence electrons. The van der Waals surface area contributed by atoms with E-state index >= 15 is 0 Å². The average Bonchev–Trinajstić information content (AvgIpc) is 3.36. The van der Waals surface area contributed by atoms with Gasteiger partial charge < -0.3 is 14.2 Å². The summed E-state index contributed by atoms with van der Waals surface area (Å²) in [5, 5.41) is 7.62. The molecule has 0 spiro atoms. The molecule has 0 bridgehead atoms. The van der Waals surface area contributed by atoms with Crippen molar-refractivity contribution >= 4 is 28.3 Å². The first-order valence-electron chi connectivity index (χ1n) is 12.4. The van der Waals surface area contributed by atoms with E-state index in [0.29, 0.717) is 42.0 Å². The topological polar surface area (TPSA) is 62.6 Å². The van der Waals surface area contributed by atoms with E-state index in [1.165, 1.54) is 17.9 Å². The largest absolute Gasteiger partial charge is 0.490 e. The lowest BCUT2D eigenvalue weighted by molar-refractivity contribution is 0.0600. The lowest BCUT2D eigenvalue weighted by atomic mass is 10.0. The van der Waals surface area contributed by atoms with Crippen LogP contribution in [0.25, 0.3) is 33.2 Å². The number of fused-ring (bicyclic) bond motifs is 1. The number of hydrogen-bond donors (Lipinski definition) is 0. The average molecular weight is 527 g/mol. The SMILES string of the molecule is CCOc1cc(-c2ccc(C(=O)OC)cc2)nn1CCOc1ccc(-c2ccc3ccccc3c2)cc1Cl. The summed E-state index contributed by atoms with van der Waals surface area (Å²) in [6, 6.07) is 29.5. The maximum Gasteiger partial charge on any atom is 0.337 e. The van der Waals surface area contributed by atoms with Crippen LogP contribution in [0.15, 0.2) is 91.0 Å².